The van der Waals surface area contributed by atoms with Crippen LogP contribution in [0.25, 0.3) is 0 Å². The average molecular weight is 356 g/mol. The molecule has 0 saturated carbocycles. The molecule has 0 bridgehead atoms. The number of aromatic nitrogens is 2. The van der Waals surface area contributed by atoms with Gasteiger partial charge < -0.3 is 14.6 Å². The number of nitro groups is 1. The Kier molecular flexibility index (Phi) is 4.83. The number of nitrogens with one attached hydrogen (secondary N) is 1. The van der Waals surface area contributed by atoms with E-state index >= 15 is 0 Å². The summed E-state index contributed by atoms with van der Waals surface area (Å²) >= 11 is 0. The summed E-state index contributed by atoms with van der Waals surface area (Å²) in [5.41, 5.74) is 0.595. The second-order valence-corrected chi connectivity index (χ2v) is 5.63. The number of hydrogen-bond acceptors (Lipinski definition) is 5. The van der Waals surface area contributed by atoms with E-state index in [4.69, 9.17) is 4.74 Å². The number of methoxy groups -OCH3 is 1. The first-order valence-corrected chi connectivity index (χ1v) is 7.82. The second kappa shape index (κ2) is 7.22. The predicted octanol–water partition coefficient (Wildman–Crippen LogP) is 3.68. The van der Waals surface area contributed by atoms with Gasteiger partial charge in [-0.1, -0.05) is 18.2 Å². The van der Waals surface area contributed by atoms with Gasteiger partial charge in [-0.05, 0) is 18.2 Å². The average Bonchev–Trinajstić information content (AvgIpc) is 3.06. The van der Waals surface area contributed by atoms with Gasteiger partial charge in [0.25, 0.3) is 5.69 Å². The summed E-state index contributed by atoms with van der Waals surface area (Å²) in [4.78, 5) is 15.1. The van der Waals surface area contributed by atoms with Crippen LogP contribution in [-0.4, -0.2) is 21.6 Å². The molecule has 8 heteroatoms. The van der Waals surface area contributed by atoms with Gasteiger partial charge >= 0.3 is 0 Å². The van der Waals surface area contributed by atoms with Crippen molar-refractivity contribution in [2.24, 2.45) is 7.05 Å². The number of para-hydroxylation sites is 1. The Morgan fingerprint density at radius 3 is 2.73 bits per heavy atom. The lowest BCUT2D eigenvalue weighted by molar-refractivity contribution is -0.384. The van der Waals surface area contributed by atoms with Crippen molar-refractivity contribution >= 4 is 11.4 Å². The number of nitrogens with zero attached hydrogens (tertiary/aromatic N) is 3. The van der Waals surface area contributed by atoms with E-state index in [1.807, 2.05) is 25.2 Å². The van der Waals surface area contributed by atoms with Crippen LogP contribution in [-0.2, 0) is 7.05 Å². The molecule has 1 N–H and O–H groups in total. The third-order valence-corrected chi connectivity index (χ3v) is 4.02. The molecule has 0 aliphatic heterocycles. The van der Waals surface area contributed by atoms with Crippen LogP contribution in [0.15, 0.2) is 54.9 Å². The largest absolute Gasteiger partial charge is 0.496 e. The second-order valence-electron chi connectivity index (χ2n) is 5.63. The Morgan fingerprint density at radius 1 is 1.31 bits per heavy atom. The van der Waals surface area contributed by atoms with Crippen LogP contribution >= 0.6 is 0 Å². The fourth-order valence-corrected chi connectivity index (χ4v) is 2.78. The van der Waals surface area contributed by atoms with Gasteiger partial charge in [-0.2, -0.15) is 0 Å². The Hall–Kier alpha value is -3.42. The molecule has 26 heavy (non-hydrogen) atoms. The van der Waals surface area contributed by atoms with Crippen molar-refractivity contribution in [3.8, 4) is 5.75 Å². The van der Waals surface area contributed by atoms with Crippen LogP contribution in [0.4, 0.5) is 15.8 Å². The molecule has 0 aliphatic rings. The van der Waals surface area contributed by atoms with Crippen molar-refractivity contribution in [3.05, 3.63) is 82.2 Å². The molecule has 1 aromatic heterocycles. The number of hydrogen-bond donors (Lipinski definition) is 1. The van der Waals surface area contributed by atoms with E-state index in [1.165, 1.54) is 12.1 Å². The molecule has 1 heterocycles. The maximum atomic E-state index is 13.5. The fourth-order valence-electron chi connectivity index (χ4n) is 2.78. The molecule has 134 valence electrons. The number of ether oxygens (including phenoxy) is 1. The van der Waals surface area contributed by atoms with Crippen LogP contribution in [0.2, 0.25) is 0 Å². The summed E-state index contributed by atoms with van der Waals surface area (Å²) < 4.78 is 20.7. The van der Waals surface area contributed by atoms with E-state index in [-0.39, 0.29) is 11.4 Å². The van der Waals surface area contributed by atoms with Gasteiger partial charge in [0.05, 0.1) is 18.1 Å². The van der Waals surface area contributed by atoms with Gasteiger partial charge in [0.15, 0.2) is 0 Å². The van der Waals surface area contributed by atoms with Gasteiger partial charge in [-0.3, -0.25) is 10.1 Å². The lowest BCUT2D eigenvalue weighted by Gasteiger charge is -2.22. The van der Waals surface area contributed by atoms with Crippen LogP contribution < -0.4 is 10.1 Å². The SMILES string of the molecule is COc1ccccc1C(Nc1ccc(F)cc1[N+](=O)[O-])c1nccn1C. The minimum absolute atomic E-state index is 0.190. The first kappa shape index (κ1) is 17.4. The minimum atomic E-state index is -0.673. The van der Waals surface area contributed by atoms with Crippen molar-refractivity contribution in [2.45, 2.75) is 6.04 Å². The van der Waals surface area contributed by atoms with E-state index < -0.39 is 16.8 Å². The molecule has 0 radical (unpaired) electrons. The number of aryl methyl sites for hydroxylation is 1. The van der Waals surface area contributed by atoms with Crippen molar-refractivity contribution in [3.63, 3.8) is 0 Å². The Labute approximate surface area is 149 Å². The molecule has 3 aromatic rings. The van der Waals surface area contributed by atoms with Gasteiger partial charge in [-0.25, -0.2) is 9.37 Å². The molecule has 3 rings (SSSR count). The molecule has 1 atom stereocenters. The maximum Gasteiger partial charge on any atom is 0.295 e. The molecule has 0 saturated heterocycles. The molecule has 0 fully saturated rings. The highest BCUT2D eigenvalue weighted by Crippen LogP contribution is 2.35. The zero-order valence-electron chi connectivity index (χ0n) is 14.2. The first-order valence-electron chi connectivity index (χ1n) is 7.82. The highest BCUT2D eigenvalue weighted by molar-refractivity contribution is 5.63. The van der Waals surface area contributed by atoms with Gasteiger partial charge in [0.1, 0.15) is 29.1 Å². The maximum absolute atomic E-state index is 13.5. The molecule has 1 unspecified atom stereocenters. The van der Waals surface area contributed by atoms with E-state index in [0.29, 0.717) is 11.6 Å². The van der Waals surface area contributed by atoms with Crippen LogP contribution in [0.3, 0.4) is 0 Å². The third-order valence-electron chi connectivity index (χ3n) is 4.02. The van der Waals surface area contributed by atoms with Gasteiger partial charge in [-0.15, -0.1) is 0 Å². The smallest absolute Gasteiger partial charge is 0.295 e. The number of rotatable bonds is 6. The zero-order valence-corrected chi connectivity index (χ0v) is 14.2. The lowest BCUT2D eigenvalue weighted by Crippen LogP contribution is -2.18. The Balaban J connectivity index is 2.12. The van der Waals surface area contributed by atoms with Crippen molar-refractivity contribution in [1.82, 2.24) is 9.55 Å². The Morgan fingerprint density at radius 2 is 2.08 bits per heavy atom. The summed E-state index contributed by atoms with van der Waals surface area (Å²) in [6, 6.07) is 10.2. The number of halogens is 1. The first-order chi connectivity index (χ1) is 12.5. The van der Waals surface area contributed by atoms with Gasteiger partial charge in [0, 0.05) is 25.0 Å². The quantitative estimate of drug-likeness (QED) is 0.538. The molecule has 7 nitrogen and oxygen atoms in total. The van der Waals surface area contributed by atoms with E-state index in [9.17, 15) is 14.5 Å². The summed E-state index contributed by atoms with van der Waals surface area (Å²) in [7, 11) is 3.38. The third kappa shape index (κ3) is 3.34. The van der Waals surface area contributed by atoms with Gasteiger partial charge in [0.2, 0.25) is 0 Å². The fraction of sp³-hybridized carbons (Fsp3) is 0.167. The predicted molar refractivity (Wildman–Crippen MR) is 94.7 cm³/mol. The highest BCUT2D eigenvalue weighted by Gasteiger charge is 2.25. The number of benzene rings is 2. The molecule has 0 spiro atoms. The Bertz CT molecular complexity index is 942. The molecular weight excluding hydrogens is 339 g/mol. The lowest BCUT2D eigenvalue weighted by atomic mass is 10.0. The topological polar surface area (TPSA) is 82.2 Å². The van der Waals surface area contributed by atoms with Crippen molar-refractivity contribution in [1.29, 1.82) is 0 Å². The number of nitro benzene ring substituents is 1. The standard InChI is InChI=1S/C18H17FN4O3/c1-22-10-9-20-18(22)17(13-5-3-4-6-16(13)26-2)21-14-8-7-12(19)11-15(14)23(24)25/h3-11,17,21H,1-2H3. The molecular formula is C18H17FN4O3. The molecule has 0 aliphatic carbocycles. The zero-order chi connectivity index (χ0) is 18.7. The summed E-state index contributed by atoms with van der Waals surface area (Å²) in [5.74, 6) is 0.568. The van der Waals surface area contributed by atoms with Crippen LogP contribution in [0, 0.1) is 15.9 Å². The van der Waals surface area contributed by atoms with Crippen molar-refractivity contribution < 1.29 is 14.1 Å². The van der Waals surface area contributed by atoms with E-state index in [1.54, 1.807) is 30.1 Å². The monoisotopic (exact) mass is 356 g/mol. The summed E-state index contributed by atoms with van der Waals surface area (Å²) in [5, 5.41) is 14.4. The summed E-state index contributed by atoms with van der Waals surface area (Å²) in [6.45, 7) is 0. The van der Waals surface area contributed by atoms with Crippen LogP contribution in [0.1, 0.15) is 17.4 Å². The number of anilines is 1. The van der Waals surface area contributed by atoms with E-state index in [2.05, 4.69) is 10.3 Å². The van der Waals surface area contributed by atoms with E-state index in [0.717, 1.165) is 11.6 Å². The summed E-state index contributed by atoms with van der Waals surface area (Å²) in [6.07, 6.45) is 3.41. The number of imidazole rings is 1. The van der Waals surface area contributed by atoms with Crippen molar-refractivity contribution in [2.75, 3.05) is 12.4 Å². The highest BCUT2D eigenvalue weighted by atomic mass is 19.1. The minimum Gasteiger partial charge on any atom is -0.496 e. The van der Waals surface area contributed by atoms with Crippen LogP contribution in [0.5, 0.6) is 5.75 Å². The molecule has 2 aromatic carbocycles. The molecule has 0 amide bonds. The normalized spacial score (nSPS) is 11.8.